The third-order valence-electron chi connectivity index (χ3n) is 5.21. The van der Waals surface area contributed by atoms with Gasteiger partial charge < -0.3 is 20.3 Å². The van der Waals surface area contributed by atoms with Gasteiger partial charge in [0.1, 0.15) is 5.60 Å². The third kappa shape index (κ3) is 4.81. The van der Waals surface area contributed by atoms with Crippen LogP contribution < -0.4 is 10.6 Å². The standard InChI is InChI=1S/C20H32N4O2/c1-20(2,3)26-19(25)24-10-8-18(9-11-24)23-14-12-22(13-15-23)17-6-4-16(21)5-7-17/h4-7,18H,8-15,21H2,1-3H3. The molecular weight excluding hydrogens is 328 g/mol. The number of nitrogen functional groups attached to an aromatic ring is 1. The minimum atomic E-state index is -0.424. The fraction of sp³-hybridized carbons (Fsp3) is 0.650. The van der Waals surface area contributed by atoms with E-state index < -0.39 is 5.60 Å². The van der Waals surface area contributed by atoms with E-state index in [0.717, 1.165) is 57.8 Å². The normalized spacial score (nSPS) is 20.3. The summed E-state index contributed by atoms with van der Waals surface area (Å²) in [4.78, 5) is 19.1. The van der Waals surface area contributed by atoms with Crippen LogP contribution in [0.1, 0.15) is 33.6 Å². The molecule has 2 aliphatic rings. The molecule has 6 nitrogen and oxygen atoms in total. The zero-order valence-corrected chi connectivity index (χ0v) is 16.3. The molecule has 0 saturated carbocycles. The summed E-state index contributed by atoms with van der Waals surface area (Å²) in [5.41, 5.74) is 7.41. The maximum Gasteiger partial charge on any atom is 0.410 e. The van der Waals surface area contributed by atoms with E-state index in [0.29, 0.717) is 6.04 Å². The lowest BCUT2D eigenvalue weighted by atomic mass is 10.0. The van der Waals surface area contributed by atoms with Gasteiger partial charge in [-0.2, -0.15) is 0 Å². The molecule has 6 heteroatoms. The lowest BCUT2D eigenvalue weighted by Crippen LogP contribution is -2.54. The molecule has 2 aliphatic heterocycles. The molecule has 0 aromatic heterocycles. The highest BCUT2D eigenvalue weighted by Gasteiger charge is 2.30. The van der Waals surface area contributed by atoms with E-state index in [1.165, 1.54) is 5.69 Å². The number of benzene rings is 1. The van der Waals surface area contributed by atoms with E-state index in [4.69, 9.17) is 10.5 Å². The summed E-state index contributed by atoms with van der Waals surface area (Å²) in [6.45, 7) is 11.5. The first-order chi connectivity index (χ1) is 12.3. The van der Waals surface area contributed by atoms with Gasteiger partial charge in [-0.1, -0.05) is 0 Å². The molecule has 0 radical (unpaired) electrons. The number of carbonyl (C=O) groups is 1. The van der Waals surface area contributed by atoms with Gasteiger partial charge in [0.15, 0.2) is 0 Å². The van der Waals surface area contributed by atoms with E-state index in [-0.39, 0.29) is 6.09 Å². The molecule has 26 heavy (non-hydrogen) atoms. The van der Waals surface area contributed by atoms with Crippen molar-refractivity contribution < 1.29 is 9.53 Å². The van der Waals surface area contributed by atoms with E-state index in [2.05, 4.69) is 21.9 Å². The minimum Gasteiger partial charge on any atom is -0.444 e. The molecule has 1 amide bonds. The second-order valence-corrected chi connectivity index (χ2v) is 8.31. The number of carbonyl (C=O) groups excluding carboxylic acids is 1. The molecule has 2 heterocycles. The van der Waals surface area contributed by atoms with Crippen LogP contribution in [0, 0.1) is 0 Å². The predicted octanol–water partition coefficient (Wildman–Crippen LogP) is 2.79. The number of anilines is 2. The topological polar surface area (TPSA) is 62.0 Å². The number of nitrogens with zero attached hydrogens (tertiary/aromatic N) is 3. The van der Waals surface area contributed by atoms with Gasteiger partial charge in [0.05, 0.1) is 0 Å². The van der Waals surface area contributed by atoms with Crippen molar-refractivity contribution in [2.75, 3.05) is 49.9 Å². The molecule has 0 atom stereocenters. The molecular formula is C20H32N4O2. The highest BCUT2D eigenvalue weighted by molar-refractivity contribution is 5.68. The van der Waals surface area contributed by atoms with Crippen molar-refractivity contribution in [1.82, 2.24) is 9.80 Å². The maximum atomic E-state index is 12.2. The second-order valence-electron chi connectivity index (χ2n) is 8.31. The molecule has 2 saturated heterocycles. The predicted molar refractivity (Wildman–Crippen MR) is 105 cm³/mol. The Labute approximate surface area is 156 Å². The molecule has 2 fully saturated rings. The van der Waals surface area contributed by atoms with Gasteiger partial charge in [-0.15, -0.1) is 0 Å². The maximum absolute atomic E-state index is 12.2. The van der Waals surface area contributed by atoms with E-state index in [1.807, 2.05) is 37.8 Å². The first-order valence-electron chi connectivity index (χ1n) is 9.64. The number of hydrogen-bond acceptors (Lipinski definition) is 5. The molecule has 1 aromatic carbocycles. The quantitative estimate of drug-likeness (QED) is 0.822. The zero-order valence-electron chi connectivity index (χ0n) is 16.3. The molecule has 0 aliphatic carbocycles. The molecule has 0 bridgehead atoms. The Morgan fingerprint density at radius 3 is 2.12 bits per heavy atom. The second kappa shape index (κ2) is 7.74. The summed E-state index contributed by atoms with van der Waals surface area (Å²) in [6.07, 6.45) is 1.88. The van der Waals surface area contributed by atoms with Crippen molar-refractivity contribution >= 4 is 17.5 Å². The van der Waals surface area contributed by atoms with Crippen LogP contribution in [-0.4, -0.2) is 66.8 Å². The van der Waals surface area contributed by atoms with Crippen LogP contribution >= 0.6 is 0 Å². The number of piperazine rings is 1. The number of likely N-dealkylation sites (tertiary alicyclic amines) is 1. The molecule has 1 aromatic rings. The van der Waals surface area contributed by atoms with Crippen LogP contribution in [0.4, 0.5) is 16.2 Å². The molecule has 3 rings (SSSR count). The van der Waals surface area contributed by atoms with Crippen molar-refractivity contribution in [3.63, 3.8) is 0 Å². The summed E-state index contributed by atoms with van der Waals surface area (Å²) < 4.78 is 5.49. The van der Waals surface area contributed by atoms with Gasteiger partial charge in [-0.05, 0) is 57.9 Å². The number of rotatable bonds is 2. The van der Waals surface area contributed by atoms with Gasteiger partial charge in [0.2, 0.25) is 0 Å². The average Bonchev–Trinajstić information content (AvgIpc) is 2.61. The van der Waals surface area contributed by atoms with Crippen molar-refractivity contribution in [3.8, 4) is 0 Å². The van der Waals surface area contributed by atoms with E-state index in [1.54, 1.807) is 0 Å². The Hall–Kier alpha value is -1.95. The van der Waals surface area contributed by atoms with Crippen molar-refractivity contribution in [2.24, 2.45) is 0 Å². The van der Waals surface area contributed by atoms with Gasteiger partial charge in [0, 0.05) is 56.7 Å². The van der Waals surface area contributed by atoms with Crippen molar-refractivity contribution in [2.45, 2.75) is 45.3 Å². The number of ether oxygens (including phenoxy) is 1. The lowest BCUT2D eigenvalue weighted by molar-refractivity contribution is 0.0140. The molecule has 0 spiro atoms. The zero-order chi connectivity index (χ0) is 18.7. The summed E-state index contributed by atoms with van der Waals surface area (Å²) >= 11 is 0. The number of piperidine rings is 1. The lowest BCUT2D eigenvalue weighted by Gasteiger charge is -2.43. The minimum absolute atomic E-state index is 0.177. The molecule has 144 valence electrons. The number of nitrogens with two attached hydrogens (primary N) is 1. The summed E-state index contributed by atoms with van der Waals surface area (Å²) in [7, 11) is 0. The first kappa shape index (κ1) is 18.8. The summed E-state index contributed by atoms with van der Waals surface area (Å²) in [5, 5.41) is 0. The monoisotopic (exact) mass is 360 g/mol. The van der Waals surface area contributed by atoms with Crippen LogP contribution in [0.15, 0.2) is 24.3 Å². The van der Waals surface area contributed by atoms with Crippen LogP contribution in [0.5, 0.6) is 0 Å². The Bertz CT molecular complexity index is 595. The number of hydrogen-bond donors (Lipinski definition) is 1. The van der Waals surface area contributed by atoms with Crippen LogP contribution in [0.3, 0.4) is 0 Å². The van der Waals surface area contributed by atoms with Gasteiger partial charge in [-0.25, -0.2) is 4.79 Å². The average molecular weight is 361 g/mol. The van der Waals surface area contributed by atoms with Crippen LogP contribution in [0.25, 0.3) is 0 Å². The largest absolute Gasteiger partial charge is 0.444 e. The Morgan fingerprint density at radius 2 is 1.58 bits per heavy atom. The Morgan fingerprint density at radius 1 is 1.00 bits per heavy atom. The molecule has 0 unspecified atom stereocenters. The Balaban J connectivity index is 1.45. The highest BCUT2D eigenvalue weighted by Crippen LogP contribution is 2.23. The fourth-order valence-corrected chi connectivity index (χ4v) is 3.77. The summed E-state index contributed by atoms with van der Waals surface area (Å²) in [5.74, 6) is 0. The SMILES string of the molecule is CC(C)(C)OC(=O)N1CCC(N2CCN(c3ccc(N)cc3)CC2)CC1. The van der Waals surface area contributed by atoms with Crippen LogP contribution in [-0.2, 0) is 4.74 Å². The highest BCUT2D eigenvalue weighted by atomic mass is 16.6. The Kier molecular flexibility index (Phi) is 5.61. The van der Waals surface area contributed by atoms with Crippen molar-refractivity contribution in [1.29, 1.82) is 0 Å². The summed E-state index contributed by atoms with van der Waals surface area (Å²) in [6, 6.07) is 8.71. The van der Waals surface area contributed by atoms with E-state index in [9.17, 15) is 4.79 Å². The smallest absolute Gasteiger partial charge is 0.410 e. The van der Waals surface area contributed by atoms with Crippen molar-refractivity contribution in [3.05, 3.63) is 24.3 Å². The van der Waals surface area contributed by atoms with Gasteiger partial charge in [-0.3, -0.25) is 4.90 Å². The fourth-order valence-electron chi connectivity index (χ4n) is 3.77. The first-order valence-corrected chi connectivity index (χ1v) is 9.64. The number of amides is 1. The van der Waals surface area contributed by atoms with Crippen LogP contribution in [0.2, 0.25) is 0 Å². The van der Waals surface area contributed by atoms with Gasteiger partial charge >= 0.3 is 6.09 Å². The third-order valence-corrected chi connectivity index (χ3v) is 5.21. The van der Waals surface area contributed by atoms with E-state index >= 15 is 0 Å². The molecule has 2 N–H and O–H groups in total. The van der Waals surface area contributed by atoms with Gasteiger partial charge in [0.25, 0.3) is 0 Å².